The van der Waals surface area contributed by atoms with E-state index in [2.05, 4.69) is 0 Å². The van der Waals surface area contributed by atoms with Crippen LogP contribution in [0.3, 0.4) is 0 Å². The van der Waals surface area contributed by atoms with Crippen molar-refractivity contribution in [2.24, 2.45) is 5.41 Å². The Balaban J connectivity index is 2.87. The minimum absolute atomic E-state index is 0.0811. The van der Waals surface area contributed by atoms with Crippen molar-refractivity contribution in [2.75, 3.05) is 0 Å². The Morgan fingerprint density at radius 3 is 2.17 bits per heavy atom. The smallest absolute Gasteiger partial charge is 0.303 e. The van der Waals surface area contributed by atoms with Crippen LogP contribution in [0, 0.1) is 5.41 Å². The molecule has 0 aromatic heterocycles. The lowest BCUT2D eigenvalue weighted by molar-refractivity contribution is -0.148. The zero-order valence-corrected chi connectivity index (χ0v) is 11.4. The van der Waals surface area contributed by atoms with Gasteiger partial charge in [-0.3, -0.25) is 9.59 Å². The number of benzene rings is 1. The Kier molecular flexibility index (Phi) is 4.65. The molecule has 0 aliphatic carbocycles. The van der Waals surface area contributed by atoms with E-state index in [-0.39, 0.29) is 18.2 Å². The van der Waals surface area contributed by atoms with Crippen molar-refractivity contribution in [3.8, 4) is 0 Å². The van der Waals surface area contributed by atoms with Gasteiger partial charge >= 0.3 is 5.97 Å². The lowest BCUT2D eigenvalue weighted by Gasteiger charge is -2.22. The minimum atomic E-state index is -0.490. The fourth-order valence-electron chi connectivity index (χ4n) is 1.57. The highest BCUT2D eigenvalue weighted by molar-refractivity contribution is 5.84. The van der Waals surface area contributed by atoms with Crippen molar-refractivity contribution >= 4 is 11.8 Å². The molecule has 1 rings (SSSR count). The Hall–Kier alpha value is -1.64. The van der Waals surface area contributed by atoms with E-state index in [0.717, 1.165) is 5.56 Å². The van der Waals surface area contributed by atoms with Gasteiger partial charge in [-0.15, -0.1) is 0 Å². The van der Waals surface area contributed by atoms with Gasteiger partial charge in [0.05, 0.1) is 0 Å². The van der Waals surface area contributed by atoms with Gasteiger partial charge in [-0.25, -0.2) is 0 Å². The average Bonchev–Trinajstić information content (AvgIpc) is 2.27. The van der Waals surface area contributed by atoms with Crippen LogP contribution in [-0.2, 0) is 14.3 Å². The van der Waals surface area contributed by atoms with Crippen LogP contribution in [0.2, 0.25) is 0 Å². The summed E-state index contributed by atoms with van der Waals surface area (Å²) in [4.78, 5) is 23.2. The summed E-state index contributed by atoms with van der Waals surface area (Å²) in [6.45, 7) is 6.96. The van der Waals surface area contributed by atoms with Crippen molar-refractivity contribution < 1.29 is 14.3 Å². The fraction of sp³-hybridized carbons (Fsp3) is 0.467. The second kappa shape index (κ2) is 5.80. The highest BCUT2D eigenvalue weighted by Crippen LogP contribution is 2.27. The van der Waals surface area contributed by atoms with E-state index in [1.165, 1.54) is 6.92 Å². The second-order valence-corrected chi connectivity index (χ2v) is 5.39. The fourth-order valence-corrected chi connectivity index (χ4v) is 1.57. The molecule has 0 heterocycles. The summed E-state index contributed by atoms with van der Waals surface area (Å²) in [7, 11) is 0. The molecule has 98 valence electrons. The van der Waals surface area contributed by atoms with Gasteiger partial charge in [0.2, 0.25) is 0 Å². The molecule has 0 spiro atoms. The SMILES string of the molecule is CC(=O)OC(CC(=O)C(C)(C)C)c1ccccc1. The average molecular weight is 248 g/mol. The van der Waals surface area contributed by atoms with Gasteiger partial charge in [-0.05, 0) is 5.56 Å². The highest BCUT2D eigenvalue weighted by Gasteiger charge is 2.26. The van der Waals surface area contributed by atoms with E-state index >= 15 is 0 Å². The Morgan fingerprint density at radius 2 is 1.72 bits per heavy atom. The van der Waals surface area contributed by atoms with Crippen molar-refractivity contribution in [2.45, 2.75) is 40.2 Å². The maximum absolute atomic E-state index is 12.0. The summed E-state index contributed by atoms with van der Waals surface area (Å²) in [6.07, 6.45) is -0.275. The third-order valence-electron chi connectivity index (χ3n) is 2.69. The molecule has 0 saturated heterocycles. The molecule has 0 fully saturated rings. The van der Waals surface area contributed by atoms with Crippen LogP contribution in [0.4, 0.5) is 0 Å². The first-order valence-electron chi connectivity index (χ1n) is 6.06. The topological polar surface area (TPSA) is 43.4 Å². The van der Waals surface area contributed by atoms with E-state index in [1.54, 1.807) is 0 Å². The van der Waals surface area contributed by atoms with Gasteiger partial charge in [-0.2, -0.15) is 0 Å². The van der Waals surface area contributed by atoms with Crippen LogP contribution in [0.1, 0.15) is 45.8 Å². The van der Waals surface area contributed by atoms with Gasteiger partial charge < -0.3 is 4.74 Å². The molecular weight excluding hydrogens is 228 g/mol. The van der Waals surface area contributed by atoms with E-state index in [4.69, 9.17) is 4.74 Å². The normalized spacial score (nSPS) is 12.9. The van der Waals surface area contributed by atoms with E-state index in [1.807, 2.05) is 51.1 Å². The first-order chi connectivity index (χ1) is 8.30. The van der Waals surface area contributed by atoms with Crippen LogP contribution in [0.15, 0.2) is 30.3 Å². The number of carbonyl (C=O) groups excluding carboxylic acids is 2. The first-order valence-corrected chi connectivity index (χ1v) is 6.06. The van der Waals surface area contributed by atoms with Crippen LogP contribution in [-0.4, -0.2) is 11.8 Å². The molecule has 0 N–H and O–H groups in total. The zero-order chi connectivity index (χ0) is 13.8. The molecule has 0 saturated carbocycles. The number of hydrogen-bond acceptors (Lipinski definition) is 3. The molecule has 1 aromatic carbocycles. The molecule has 1 unspecified atom stereocenters. The van der Waals surface area contributed by atoms with E-state index in [9.17, 15) is 9.59 Å². The quantitative estimate of drug-likeness (QED) is 0.768. The van der Waals surface area contributed by atoms with Crippen LogP contribution in [0.25, 0.3) is 0 Å². The van der Waals surface area contributed by atoms with Crippen LogP contribution < -0.4 is 0 Å². The zero-order valence-electron chi connectivity index (χ0n) is 11.4. The molecule has 3 heteroatoms. The molecule has 0 aliphatic rings. The van der Waals surface area contributed by atoms with Gasteiger partial charge in [0.15, 0.2) is 0 Å². The Morgan fingerprint density at radius 1 is 1.17 bits per heavy atom. The number of ether oxygens (including phenoxy) is 1. The molecule has 18 heavy (non-hydrogen) atoms. The van der Waals surface area contributed by atoms with Gasteiger partial charge in [-0.1, -0.05) is 51.1 Å². The summed E-state index contributed by atoms with van der Waals surface area (Å²) in [5.74, 6) is -0.289. The van der Waals surface area contributed by atoms with Crippen molar-refractivity contribution in [3.05, 3.63) is 35.9 Å². The van der Waals surface area contributed by atoms with Crippen molar-refractivity contribution in [1.82, 2.24) is 0 Å². The number of Topliss-reactive ketones (excluding diaryl/α,β-unsaturated/α-hetero) is 1. The van der Waals surface area contributed by atoms with Gasteiger partial charge in [0.25, 0.3) is 0 Å². The number of ketones is 1. The molecule has 3 nitrogen and oxygen atoms in total. The van der Waals surface area contributed by atoms with Gasteiger partial charge in [0, 0.05) is 18.8 Å². The Labute approximate surface area is 108 Å². The maximum atomic E-state index is 12.0. The van der Waals surface area contributed by atoms with E-state index < -0.39 is 11.5 Å². The largest absolute Gasteiger partial charge is 0.457 e. The lowest BCUT2D eigenvalue weighted by atomic mass is 9.86. The third kappa shape index (κ3) is 4.32. The van der Waals surface area contributed by atoms with Crippen molar-refractivity contribution in [1.29, 1.82) is 0 Å². The maximum Gasteiger partial charge on any atom is 0.303 e. The molecule has 0 aliphatic heterocycles. The summed E-state index contributed by atoms with van der Waals surface area (Å²) >= 11 is 0. The number of rotatable bonds is 4. The summed E-state index contributed by atoms with van der Waals surface area (Å²) < 4.78 is 5.24. The third-order valence-corrected chi connectivity index (χ3v) is 2.69. The first kappa shape index (κ1) is 14.4. The predicted molar refractivity (Wildman–Crippen MR) is 70.0 cm³/mol. The van der Waals surface area contributed by atoms with Crippen molar-refractivity contribution in [3.63, 3.8) is 0 Å². The summed E-state index contributed by atoms with van der Waals surface area (Å²) in [6, 6.07) is 9.35. The monoisotopic (exact) mass is 248 g/mol. The number of hydrogen-bond donors (Lipinski definition) is 0. The Bertz CT molecular complexity index is 415. The molecule has 1 aromatic rings. The number of esters is 1. The molecule has 0 radical (unpaired) electrons. The van der Waals surface area contributed by atoms with Gasteiger partial charge in [0.1, 0.15) is 11.9 Å². The van der Waals surface area contributed by atoms with E-state index in [0.29, 0.717) is 0 Å². The lowest BCUT2D eigenvalue weighted by Crippen LogP contribution is -2.24. The molecule has 0 amide bonds. The number of carbonyl (C=O) groups is 2. The highest BCUT2D eigenvalue weighted by atomic mass is 16.5. The van der Waals surface area contributed by atoms with Crippen LogP contribution in [0.5, 0.6) is 0 Å². The second-order valence-electron chi connectivity index (χ2n) is 5.39. The van der Waals surface area contributed by atoms with Crippen LogP contribution >= 0.6 is 0 Å². The molecule has 1 atom stereocenters. The minimum Gasteiger partial charge on any atom is -0.457 e. The standard InChI is InChI=1S/C15H20O3/c1-11(16)18-13(10-14(17)15(2,3)4)12-8-6-5-7-9-12/h5-9,13H,10H2,1-4H3. The predicted octanol–water partition coefficient (Wildman–Crippen LogP) is 3.30. The summed E-state index contributed by atoms with van der Waals surface area (Å²) in [5, 5.41) is 0. The molecular formula is C15H20O3. The molecule has 0 bridgehead atoms. The summed E-state index contributed by atoms with van der Waals surface area (Å²) in [5.41, 5.74) is 0.429.